The summed E-state index contributed by atoms with van der Waals surface area (Å²) >= 11 is 0. The molecule has 0 aromatic rings. The number of rotatable bonds is 4. The second-order valence-corrected chi connectivity index (χ2v) is 3.01. The highest BCUT2D eigenvalue weighted by molar-refractivity contribution is 4.62. The third-order valence-corrected chi connectivity index (χ3v) is 2.03. The van der Waals surface area contributed by atoms with Gasteiger partial charge in [-0.2, -0.15) is 7.05 Å². The molecule has 0 aromatic heterocycles. The van der Waals surface area contributed by atoms with E-state index in [1.54, 1.807) is 0 Å². The lowest BCUT2D eigenvalue weighted by molar-refractivity contribution is -0.907. The molecule has 1 N–H and O–H groups in total. The van der Waals surface area contributed by atoms with E-state index in [1.807, 2.05) is 6.92 Å². The van der Waals surface area contributed by atoms with Gasteiger partial charge >= 0.3 is 0 Å². The molecule has 1 heterocycles. The molecule has 1 aliphatic heterocycles. The van der Waals surface area contributed by atoms with E-state index in [4.69, 9.17) is 4.74 Å². The molecule has 0 unspecified atom stereocenters. The van der Waals surface area contributed by atoms with E-state index in [1.165, 1.54) is 24.4 Å². The van der Waals surface area contributed by atoms with E-state index in [2.05, 4.69) is 7.05 Å². The van der Waals surface area contributed by atoms with Gasteiger partial charge in [0.2, 0.25) is 0 Å². The first-order chi connectivity index (χ1) is 4.83. The normalized spacial score (nSPS) is 31.8. The highest BCUT2D eigenvalue weighted by atomic mass is 16.5. The van der Waals surface area contributed by atoms with Gasteiger partial charge in [-0.15, -0.1) is 0 Å². The molecule has 0 saturated carbocycles. The van der Waals surface area contributed by atoms with Gasteiger partial charge in [-0.25, -0.2) is 0 Å². The third kappa shape index (κ3) is 2.27. The zero-order valence-corrected chi connectivity index (χ0v) is 6.73. The summed E-state index contributed by atoms with van der Waals surface area (Å²) in [5, 5.41) is 0. The minimum Gasteiger partial charge on any atom is -0.467 e. The number of hydrogen-bond acceptors (Lipinski definition) is 1. The lowest BCUT2D eigenvalue weighted by atomic mass is 9.98. The number of nitrogens with one attached hydrogen (secondary N) is 1. The maximum absolute atomic E-state index is 5.25. The maximum atomic E-state index is 5.25. The molecule has 0 aliphatic carbocycles. The van der Waals surface area contributed by atoms with Gasteiger partial charge in [0, 0.05) is 13.2 Å². The highest BCUT2D eigenvalue weighted by Gasteiger charge is 2.23. The Kier molecular flexibility index (Phi) is 3.16. The molecule has 0 aromatic carbocycles. The second-order valence-electron chi connectivity index (χ2n) is 3.01. The fourth-order valence-electron chi connectivity index (χ4n) is 1.36. The Morgan fingerprint density at radius 2 is 2.30 bits per heavy atom. The van der Waals surface area contributed by atoms with Gasteiger partial charge in [-0.3, -0.25) is 0 Å². The Morgan fingerprint density at radius 3 is 2.80 bits per heavy atom. The Bertz CT molecular complexity index is 89.3. The molecular weight excluding hydrogens is 126 g/mol. The Morgan fingerprint density at radius 1 is 1.60 bits per heavy atom. The minimum atomic E-state index is 0.855. The van der Waals surface area contributed by atoms with Crippen LogP contribution in [0.4, 0.5) is 0 Å². The topological polar surface area (TPSA) is 13.7 Å². The van der Waals surface area contributed by atoms with Crippen LogP contribution in [0.2, 0.25) is 0 Å². The van der Waals surface area contributed by atoms with E-state index in [0.717, 1.165) is 19.1 Å². The van der Waals surface area contributed by atoms with Gasteiger partial charge in [-0.05, 0) is 13.3 Å². The van der Waals surface area contributed by atoms with Gasteiger partial charge in [0.05, 0.1) is 19.0 Å². The molecule has 2 nitrogen and oxygen atoms in total. The van der Waals surface area contributed by atoms with Crippen LogP contribution in [-0.4, -0.2) is 26.3 Å². The Balaban J connectivity index is 1.86. The van der Waals surface area contributed by atoms with Crippen molar-refractivity contribution in [1.29, 1.82) is 0 Å². The SMILES string of the molecule is [CH2-][NH+]1CC(CCOCC)C1. The number of ether oxygens (including phenoxy) is 1. The molecule has 0 radical (unpaired) electrons. The van der Waals surface area contributed by atoms with Crippen molar-refractivity contribution in [3.8, 4) is 0 Å². The molecule has 60 valence electrons. The van der Waals surface area contributed by atoms with E-state index in [-0.39, 0.29) is 0 Å². The van der Waals surface area contributed by atoms with Crippen LogP contribution in [0.25, 0.3) is 0 Å². The second kappa shape index (κ2) is 3.94. The van der Waals surface area contributed by atoms with Crippen LogP contribution in [0.5, 0.6) is 0 Å². The van der Waals surface area contributed by atoms with E-state index in [0.29, 0.717) is 0 Å². The van der Waals surface area contributed by atoms with Gasteiger partial charge < -0.3 is 9.64 Å². The molecular formula is C8H17NO. The molecule has 1 rings (SSSR count). The van der Waals surface area contributed by atoms with Crippen LogP contribution >= 0.6 is 0 Å². The van der Waals surface area contributed by atoms with Crippen molar-refractivity contribution in [2.45, 2.75) is 13.3 Å². The van der Waals surface area contributed by atoms with Crippen LogP contribution in [0.3, 0.4) is 0 Å². The molecule has 0 bridgehead atoms. The minimum absolute atomic E-state index is 0.855. The fourth-order valence-corrected chi connectivity index (χ4v) is 1.36. The van der Waals surface area contributed by atoms with Crippen LogP contribution in [0.1, 0.15) is 13.3 Å². The van der Waals surface area contributed by atoms with Gasteiger partial charge in [-0.1, -0.05) is 0 Å². The first-order valence-corrected chi connectivity index (χ1v) is 4.07. The summed E-state index contributed by atoms with van der Waals surface area (Å²) in [6.45, 7) is 6.32. The predicted octanol–water partition coefficient (Wildman–Crippen LogP) is -0.281. The average molecular weight is 143 g/mol. The molecule has 1 aliphatic rings. The monoisotopic (exact) mass is 143 g/mol. The van der Waals surface area contributed by atoms with Crippen molar-refractivity contribution in [1.82, 2.24) is 0 Å². The van der Waals surface area contributed by atoms with Crippen molar-refractivity contribution >= 4 is 0 Å². The van der Waals surface area contributed by atoms with Crippen LogP contribution in [0.15, 0.2) is 0 Å². The maximum Gasteiger partial charge on any atom is 0.0613 e. The van der Waals surface area contributed by atoms with E-state index >= 15 is 0 Å². The summed E-state index contributed by atoms with van der Waals surface area (Å²) in [7, 11) is 3.90. The molecule has 10 heavy (non-hydrogen) atoms. The summed E-state index contributed by atoms with van der Waals surface area (Å²) in [5.74, 6) is 0.888. The molecule has 1 fully saturated rings. The van der Waals surface area contributed by atoms with Crippen LogP contribution in [0, 0.1) is 13.0 Å². The summed E-state index contributed by atoms with van der Waals surface area (Å²) in [4.78, 5) is 1.42. The number of quaternary nitrogens is 1. The molecule has 1 saturated heterocycles. The van der Waals surface area contributed by atoms with Crippen molar-refractivity contribution in [2.24, 2.45) is 5.92 Å². The summed E-state index contributed by atoms with van der Waals surface area (Å²) in [5.41, 5.74) is 0. The standard InChI is InChI=1S/C8H17NO/c1-3-10-5-4-8-6-9(2)7-8/h8-9H,2-7H2,1H3. The lowest BCUT2D eigenvalue weighted by Crippen LogP contribution is -3.15. The van der Waals surface area contributed by atoms with Crippen molar-refractivity contribution in [3.05, 3.63) is 7.05 Å². The largest absolute Gasteiger partial charge is 0.467 e. The first kappa shape index (κ1) is 8.02. The van der Waals surface area contributed by atoms with E-state index in [9.17, 15) is 0 Å². The van der Waals surface area contributed by atoms with Crippen molar-refractivity contribution in [3.63, 3.8) is 0 Å². The summed E-state index contributed by atoms with van der Waals surface area (Å²) < 4.78 is 5.25. The van der Waals surface area contributed by atoms with Crippen molar-refractivity contribution in [2.75, 3.05) is 26.3 Å². The summed E-state index contributed by atoms with van der Waals surface area (Å²) in [6, 6.07) is 0. The molecule has 0 spiro atoms. The van der Waals surface area contributed by atoms with Gasteiger partial charge in [0.25, 0.3) is 0 Å². The summed E-state index contributed by atoms with van der Waals surface area (Å²) in [6.07, 6.45) is 1.23. The van der Waals surface area contributed by atoms with E-state index < -0.39 is 0 Å². The molecule has 0 amide bonds. The zero-order valence-electron chi connectivity index (χ0n) is 6.73. The van der Waals surface area contributed by atoms with Crippen LogP contribution < -0.4 is 4.90 Å². The van der Waals surface area contributed by atoms with Gasteiger partial charge in [0.15, 0.2) is 0 Å². The Labute approximate surface area is 63.2 Å². The smallest absolute Gasteiger partial charge is 0.0613 e. The fraction of sp³-hybridized carbons (Fsp3) is 0.875. The molecule has 0 atom stereocenters. The van der Waals surface area contributed by atoms with Gasteiger partial charge in [0.1, 0.15) is 0 Å². The lowest BCUT2D eigenvalue weighted by Gasteiger charge is -2.38. The third-order valence-electron chi connectivity index (χ3n) is 2.03. The first-order valence-electron chi connectivity index (χ1n) is 4.07. The van der Waals surface area contributed by atoms with Crippen molar-refractivity contribution < 1.29 is 9.64 Å². The number of likely N-dealkylation sites (tertiary alicyclic amines) is 1. The molecule has 2 heteroatoms. The quantitative estimate of drug-likeness (QED) is 0.422. The zero-order chi connectivity index (χ0) is 7.40. The van der Waals surface area contributed by atoms with Crippen LogP contribution in [-0.2, 0) is 4.74 Å². The average Bonchev–Trinajstić information content (AvgIpc) is 1.85. The Hall–Kier alpha value is -0.0800. The highest BCUT2D eigenvalue weighted by Crippen LogP contribution is 2.03. The number of hydrogen-bond donors (Lipinski definition) is 1. The predicted molar refractivity (Wildman–Crippen MR) is 40.7 cm³/mol.